The maximum Gasteiger partial charge on any atom is 0.0726 e. The van der Waals surface area contributed by atoms with E-state index in [4.69, 9.17) is 0 Å². The first-order chi connectivity index (χ1) is 28.8. The molecule has 10 aromatic carbocycles. The highest BCUT2D eigenvalue weighted by molar-refractivity contribution is 6.01. The zero-order chi connectivity index (χ0) is 38.2. The van der Waals surface area contributed by atoms with Crippen LogP contribution < -0.4 is 4.90 Å². The molecule has 0 unspecified atom stereocenters. The third-order valence-corrected chi connectivity index (χ3v) is 12.7. The second-order valence-electron chi connectivity index (χ2n) is 15.6. The number of para-hydroxylation sites is 1. The van der Waals surface area contributed by atoms with Gasteiger partial charge in [-0.25, -0.2) is 0 Å². The quantitative estimate of drug-likeness (QED) is 0.170. The number of hydrogen-bond donors (Lipinski definition) is 0. The average molecular weight is 736 g/mol. The van der Waals surface area contributed by atoms with Crippen LogP contribution in [0.1, 0.15) is 22.3 Å². The molecule has 0 N–H and O–H groups in total. The molecule has 0 fully saturated rings. The summed E-state index contributed by atoms with van der Waals surface area (Å²) >= 11 is 0. The van der Waals surface area contributed by atoms with Gasteiger partial charge in [-0.15, -0.1) is 0 Å². The fourth-order valence-corrected chi connectivity index (χ4v) is 10.2. The van der Waals surface area contributed by atoms with E-state index in [1.807, 2.05) is 0 Å². The lowest BCUT2D eigenvalue weighted by atomic mass is 9.70. The maximum atomic E-state index is 2.49. The summed E-state index contributed by atoms with van der Waals surface area (Å²) in [6.45, 7) is 0. The van der Waals surface area contributed by atoms with Gasteiger partial charge in [0.25, 0.3) is 0 Å². The van der Waals surface area contributed by atoms with Crippen LogP contribution in [0.4, 0.5) is 17.1 Å². The third kappa shape index (κ3) is 4.71. The first-order valence-corrected chi connectivity index (χ1v) is 20.2. The molecule has 0 saturated carbocycles. The van der Waals surface area contributed by atoms with Crippen molar-refractivity contribution in [2.24, 2.45) is 0 Å². The number of rotatable bonds is 5. The molecule has 0 bridgehead atoms. The van der Waals surface area contributed by atoms with Gasteiger partial charge >= 0.3 is 0 Å². The SMILES string of the molecule is c1ccc(-c2ccccc2N(c2ccc3c(c2)C2(c4ccccc4-c4ccccc42)c2ccccc2-3)c2ccc3cc(-c4cccc5ccccc45)ccc3c2)cc1. The van der Waals surface area contributed by atoms with Gasteiger partial charge in [0, 0.05) is 16.9 Å². The van der Waals surface area contributed by atoms with Crippen molar-refractivity contribution in [1.29, 1.82) is 0 Å². The van der Waals surface area contributed by atoms with Gasteiger partial charge in [0.1, 0.15) is 0 Å². The molecule has 0 heterocycles. The van der Waals surface area contributed by atoms with E-state index < -0.39 is 5.41 Å². The monoisotopic (exact) mass is 735 g/mol. The average Bonchev–Trinajstić information content (AvgIpc) is 3.76. The second kappa shape index (κ2) is 12.8. The van der Waals surface area contributed by atoms with Crippen molar-refractivity contribution in [3.63, 3.8) is 0 Å². The molecule has 2 aliphatic rings. The van der Waals surface area contributed by atoms with E-state index in [0.29, 0.717) is 0 Å². The molecule has 270 valence electrons. The highest BCUT2D eigenvalue weighted by Gasteiger charge is 2.51. The lowest BCUT2D eigenvalue weighted by Crippen LogP contribution is -2.26. The summed E-state index contributed by atoms with van der Waals surface area (Å²) in [5.41, 5.74) is 18.4. The van der Waals surface area contributed by atoms with Gasteiger partial charge in [-0.05, 0) is 119 Å². The van der Waals surface area contributed by atoms with E-state index >= 15 is 0 Å². The van der Waals surface area contributed by atoms with Crippen molar-refractivity contribution in [1.82, 2.24) is 0 Å². The standard InChI is InChI=1S/C57H37N/c1-2-15-39(16-3-1)47-20-9-13-28-56(47)58(43-32-31-40-35-42(30-29-41(40)36-43)46-24-14-18-38-17-4-5-19-45(38)46)44-33-34-51-50-23-8-12-27-54(50)57(55(51)37-44)52-25-10-6-21-48(52)49-22-7-11-26-53(49)57/h1-37H. The number of fused-ring (bicyclic) bond motifs is 12. The Balaban J connectivity index is 1.09. The number of nitrogens with zero attached hydrogens (tertiary/aromatic N) is 1. The summed E-state index contributed by atoms with van der Waals surface area (Å²) in [6.07, 6.45) is 0. The van der Waals surface area contributed by atoms with Gasteiger partial charge < -0.3 is 4.90 Å². The van der Waals surface area contributed by atoms with Gasteiger partial charge in [0.05, 0.1) is 11.1 Å². The van der Waals surface area contributed by atoms with Crippen LogP contribution >= 0.6 is 0 Å². The Bertz CT molecular complexity index is 3180. The van der Waals surface area contributed by atoms with Crippen molar-refractivity contribution in [2.75, 3.05) is 4.90 Å². The van der Waals surface area contributed by atoms with Crippen LogP contribution in [0.3, 0.4) is 0 Å². The molecule has 0 saturated heterocycles. The smallest absolute Gasteiger partial charge is 0.0726 e. The van der Waals surface area contributed by atoms with E-state index in [2.05, 4.69) is 229 Å². The predicted octanol–water partition coefficient (Wildman–Crippen LogP) is 15.1. The number of anilines is 3. The van der Waals surface area contributed by atoms with Crippen LogP contribution in [0.15, 0.2) is 224 Å². The van der Waals surface area contributed by atoms with E-state index in [9.17, 15) is 0 Å². The first kappa shape index (κ1) is 32.7. The predicted molar refractivity (Wildman–Crippen MR) is 243 cm³/mol. The van der Waals surface area contributed by atoms with Gasteiger partial charge in [0.2, 0.25) is 0 Å². The van der Waals surface area contributed by atoms with Gasteiger partial charge in [0.15, 0.2) is 0 Å². The molecular formula is C57H37N. The second-order valence-corrected chi connectivity index (χ2v) is 15.6. The molecule has 2 aliphatic carbocycles. The highest BCUT2D eigenvalue weighted by Crippen LogP contribution is 2.63. The molecule has 58 heavy (non-hydrogen) atoms. The Morgan fingerprint density at radius 1 is 0.276 bits per heavy atom. The van der Waals surface area contributed by atoms with E-state index in [1.54, 1.807) is 0 Å². The van der Waals surface area contributed by atoms with E-state index in [1.165, 1.54) is 88.3 Å². The Morgan fingerprint density at radius 2 is 0.793 bits per heavy atom. The summed E-state index contributed by atoms with van der Waals surface area (Å²) in [6, 6.07) is 83.1. The van der Waals surface area contributed by atoms with Crippen molar-refractivity contribution < 1.29 is 0 Å². The Kier molecular flexibility index (Phi) is 7.21. The van der Waals surface area contributed by atoms with Crippen molar-refractivity contribution in [3.05, 3.63) is 247 Å². The molecule has 10 aromatic rings. The van der Waals surface area contributed by atoms with Crippen molar-refractivity contribution >= 4 is 38.6 Å². The van der Waals surface area contributed by atoms with E-state index in [-0.39, 0.29) is 0 Å². The molecule has 0 amide bonds. The van der Waals surface area contributed by atoms with Crippen LogP contribution in [0, 0.1) is 0 Å². The molecule has 1 nitrogen and oxygen atoms in total. The minimum atomic E-state index is -0.429. The largest absolute Gasteiger partial charge is 0.310 e. The first-order valence-electron chi connectivity index (χ1n) is 20.2. The van der Waals surface area contributed by atoms with Crippen LogP contribution in [0.5, 0.6) is 0 Å². The van der Waals surface area contributed by atoms with Gasteiger partial charge in [-0.3, -0.25) is 0 Å². The van der Waals surface area contributed by atoms with Crippen LogP contribution in [-0.2, 0) is 5.41 Å². The van der Waals surface area contributed by atoms with E-state index in [0.717, 1.165) is 17.1 Å². The Morgan fingerprint density at radius 3 is 1.53 bits per heavy atom. The summed E-state index contributed by atoms with van der Waals surface area (Å²) in [5.74, 6) is 0. The highest BCUT2D eigenvalue weighted by atomic mass is 15.1. The summed E-state index contributed by atoms with van der Waals surface area (Å²) in [5, 5.41) is 4.95. The number of benzene rings is 10. The van der Waals surface area contributed by atoms with Crippen molar-refractivity contribution in [3.8, 4) is 44.5 Å². The molecule has 0 aromatic heterocycles. The lowest BCUT2D eigenvalue weighted by molar-refractivity contribution is 0.793. The number of hydrogen-bond acceptors (Lipinski definition) is 1. The summed E-state index contributed by atoms with van der Waals surface area (Å²) in [4.78, 5) is 2.48. The lowest BCUT2D eigenvalue weighted by Gasteiger charge is -2.32. The summed E-state index contributed by atoms with van der Waals surface area (Å²) in [7, 11) is 0. The minimum absolute atomic E-state index is 0.429. The van der Waals surface area contributed by atoms with Crippen LogP contribution in [-0.4, -0.2) is 0 Å². The molecule has 12 rings (SSSR count). The fourth-order valence-electron chi connectivity index (χ4n) is 10.2. The Hall–Kier alpha value is -7.48. The molecule has 0 aliphatic heterocycles. The maximum absolute atomic E-state index is 2.49. The topological polar surface area (TPSA) is 3.24 Å². The molecule has 0 atom stereocenters. The normalized spacial score (nSPS) is 13.0. The van der Waals surface area contributed by atoms with Crippen LogP contribution in [0.25, 0.3) is 66.1 Å². The summed E-state index contributed by atoms with van der Waals surface area (Å²) < 4.78 is 0. The minimum Gasteiger partial charge on any atom is -0.310 e. The van der Waals surface area contributed by atoms with Crippen LogP contribution in [0.2, 0.25) is 0 Å². The molecule has 1 spiro atoms. The molecule has 1 heteroatoms. The zero-order valence-corrected chi connectivity index (χ0v) is 31.8. The zero-order valence-electron chi connectivity index (χ0n) is 31.8. The third-order valence-electron chi connectivity index (χ3n) is 12.7. The Labute approximate surface area is 338 Å². The van der Waals surface area contributed by atoms with Gasteiger partial charge in [-0.1, -0.05) is 188 Å². The molecule has 0 radical (unpaired) electrons. The van der Waals surface area contributed by atoms with Crippen molar-refractivity contribution in [2.45, 2.75) is 5.41 Å². The van der Waals surface area contributed by atoms with Gasteiger partial charge in [-0.2, -0.15) is 0 Å². The molecular weight excluding hydrogens is 699 g/mol. The fraction of sp³-hybridized carbons (Fsp3) is 0.0175.